The maximum atomic E-state index is 9.88. The Labute approximate surface area is 63.0 Å². The van der Waals surface area contributed by atoms with Gasteiger partial charge in [-0.25, -0.2) is 0 Å². The fourth-order valence-corrected chi connectivity index (χ4v) is 0.831. The van der Waals surface area contributed by atoms with Crippen molar-refractivity contribution >= 4 is 6.29 Å². The van der Waals surface area contributed by atoms with Crippen LogP contribution in [0.4, 0.5) is 0 Å². The first-order valence-corrected chi connectivity index (χ1v) is 4.06. The van der Waals surface area contributed by atoms with E-state index in [-0.39, 0.29) is 0 Å². The second-order valence-corrected chi connectivity index (χ2v) is 2.37. The molecule has 0 bridgehead atoms. The van der Waals surface area contributed by atoms with Crippen molar-refractivity contribution in [3.8, 4) is 0 Å². The average molecular weight is 143 g/mol. The molecule has 0 amide bonds. The van der Waals surface area contributed by atoms with Gasteiger partial charge in [0, 0.05) is 6.42 Å². The number of carbonyl (C=O) groups is 1. The molecule has 0 atom stereocenters. The molecule has 0 radical (unpaired) electrons. The van der Waals surface area contributed by atoms with Crippen LogP contribution in [0.15, 0.2) is 0 Å². The Morgan fingerprint density at radius 3 is 2.70 bits per heavy atom. The van der Waals surface area contributed by atoms with Gasteiger partial charge in [-0.3, -0.25) is 0 Å². The summed E-state index contributed by atoms with van der Waals surface area (Å²) in [5.41, 5.74) is 0. The summed E-state index contributed by atoms with van der Waals surface area (Å²) in [4.78, 5) is 9.88. The van der Waals surface area contributed by atoms with Crippen LogP contribution >= 0.6 is 0 Å². The maximum absolute atomic E-state index is 9.88. The van der Waals surface area contributed by atoms with E-state index in [2.05, 4.69) is 12.2 Å². The minimum absolute atomic E-state index is 0.728. The Morgan fingerprint density at radius 2 is 2.10 bits per heavy atom. The highest BCUT2D eigenvalue weighted by molar-refractivity contribution is 5.48. The Hall–Kier alpha value is -0.370. The molecule has 0 saturated carbocycles. The lowest BCUT2D eigenvalue weighted by Gasteiger charge is -1.98. The van der Waals surface area contributed by atoms with E-state index < -0.39 is 0 Å². The molecule has 0 aromatic carbocycles. The third kappa shape index (κ3) is 7.63. The van der Waals surface area contributed by atoms with Crippen molar-refractivity contribution in [2.45, 2.75) is 32.6 Å². The van der Waals surface area contributed by atoms with Gasteiger partial charge in [0.15, 0.2) is 0 Å². The van der Waals surface area contributed by atoms with Crippen molar-refractivity contribution in [1.29, 1.82) is 0 Å². The summed E-state index contributed by atoms with van der Waals surface area (Å²) in [5, 5.41) is 3.24. The van der Waals surface area contributed by atoms with Crippen LogP contribution < -0.4 is 5.32 Å². The summed E-state index contributed by atoms with van der Waals surface area (Å²) in [6, 6.07) is 0. The zero-order valence-corrected chi connectivity index (χ0v) is 6.73. The highest BCUT2D eigenvalue weighted by Crippen LogP contribution is 1.95. The molecule has 0 aromatic rings. The molecular formula is C8H17NO. The van der Waals surface area contributed by atoms with Gasteiger partial charge in [-0.15, -0.1) is 0 Å². The first kappa shape index (κ1) is 9.63. The highest BCUT2D eigenvalue weighted by atomic mass is 16.1. The number of unbranched alkanes of at least 4 members (excludes halogenated alkanes) is 3. The summed E-state index contributed by atoms with van der Waals surface area (Å²) in [7, 11) is 0. The quantitative estimate of drug-likeness (QED) is 0.430. The zero-order valence-electron chi connectivity index (χ0n) is 6.73. The first-order chi connectivity index (χ1) is 4.91. The van der Waals surface area contributed by atoms with E-state index in [1.165, 1.54) is 12.8 Å². The molecule has 2 nitrogen and oxygen atoms in total. The third-order valence-corrected chi connectivity index (χ3v) is 1.43. The van der Waals surface area contributed by atoms with E-state index in [0.29, 0.717) is 0 Å². The molecule has 0 heterocycles. The zero-order chi connectivity index (χ0) is 7.66. The van der Waals surface area contributed by atoms with Gasteiger partial charge < -0.3 is 10.1 Å². The topological polar surface area (TPSA) is 29.1 Å². The molecule has 0 rings (SSSR count). The molecule has 0 spiro atoms. The standard InChI is InChI=1S/C8H17NO/c1-2-9-7-5-3-4-6-8-10/h8-9H,2-7H2,1H3. The summed E-state index contributed by atoms with van der Waals surface area (Å²) in [6.45, 7) is 4.24. The van der Waals surface area contributed by atoms with Gasteiger partial charge in [-0.2, -0.15) is 0 Å². The van der Waals surface area contributed by atoms with Crippen LogP contribution in [-0.4, -0.2) is 19.4 Å². The molecule has 60 valence electrons. The molecule has 0 saturated heterocycles. The van der Waals surface area contributed by atoms with Crippen molar-refractivity contribution < 1.29 is 4.79 Å². The van der Waals surface area contributed by atoms with E-state index in [1.807, 2.05) is 0 Å². The van der Waals surface area contributed by atoms with Crippen molar-refractivity contribution in [2.75, 3.05) is 13.1 Å². The minimum atomic E-state index is 0.728. The van der Waals surface area contributed by atoms with Crippen molar-refractivity contribution in [1.82, 2.24) is 5.32 Å². The molecule has 0 aliphatic rings. The first-order valence-electron chi connectivity index (χ1n) is 4.06. The van der Waals surface area contributed by atoms with Gasteiger partial charge in [-0.05, 0) is 25.9 Å². The predicted molar refractivity (Wildman–Crippen MR) is 43.1 cm³/mol. The normalized spacial score (nSPS) is 9.70. The van der Waals surface area contributed by atoms with Gasteiger partial charge in [0.1, 0.15) is 6.29 Å². The lowest BCUT2D eigenvalue weighted by atomic mass is 10.2. The van der Waals surface area contributed by atoms with Crippen LogP contribution in [0.25, 0.3) is 0 Å². The number of hydrogen-bond donors (Lipinski definition) is 1. The van der Waals surface area contributed by atoms with Gasteiger partial charge in [-0.1, -0.05) is 13.3 Å². The number of carbonyl (C=O) groups excluding carboxylic acids is 1. The molecule has 10 heavy (non-hydrogen) atoms. The Balaban J connectivity index is 2.70. The number of hydrogen-bond acceptors (Lipinski definition) is 2. The predicted octanol–water partition coefficient (Wildman–Crippen LogP) is 1.36. The SMILES string of the molecule is CCNCCCCCC=O. The van der Waals surface area contributed by atoms with Crippen LogP contribution in [-0.2, 0) is 4.79 Å². The van der Waals surface area contributed by atoms with Crippen LogP contribution in [0.5, 0.6) is 0 Å². The molecule has 1 N–H and O–H groups in total. The van der Waals surface area contributed by atoms with E-state index in [1.54, 1.807) is 0 Å². The van der Waals surface area contributed by atoms with Gasteiger partial charge in [0.05, 0.1) is 0 Å². The molecule has 2 heteroatoms. The molecule has 0 aromatic heterocycles. The average Bonchev–Trinajstić information content (AvgIpc) is 1.97. The monoisotopic (exact) mass is 143 g/mol. The van der Waals surface area contributed by atoms with Crippen LogP contribution in [0.1, 0.15) is 32.6 Å². The van der Waals surface area contributed by atoms with Gasteiger partial charge in [0.25, 0.3) is 0 Å². The minimum Gasteiger partial charge on any atom is -0.317 e. The van der Waals surface area contributed by atoms with Crippen LogP contribution in [0.2, 0.25) is 0 Å². The lowest BCUT2D eigenvalue weighted by Crippen LogP contribution is -2.13. The van der Waals surface area contributed by atoms with Crippen molar-refractivity contribution in [3.05, 3.63) is 0 Å². The van der Waals surface area contributed by atoms with Gasteiger partial charge >= 0.3 is 0 Å². The number of nitrogens with one attached hydrogen (secondary N) is 1. The Morgan fingerprint density at radius 1 is 1.30 bits per heavy atom. The molecule has 0 aliphatic carbocycles. The molecule has 0 fully saturated rings. The van der Waals surface area contributed by atoms with E-state index in [9.17, 15) is 4.79 Å². The third-order valence-electron chi connectivity index (χ3n) is 1.43. The number of aldehydes is 1. The Bertz CT molecular complexity index is 73.7. The van der Waals surface area contributed by atoms with Crippen LogP contribution in [0.3, 0.4) is 0 Å². The van der Waals surface area contributed by atoms with E-state index in [0.717, 1.165) is 32.2 Å². The number of rotatable bonds is 7. The summed E-state index contributed by atoms with van der Waals surface area (Å²) >= 11 is 0. The fourth-order valence-electron chi connectivity index (χ4n) is 0.831. The smallest absolute Gasteiger partial charge is 0.119 e. The summed E-state index contributed by atoms with van der Waals surface area (Å²) in [6.07, 6.45) is 5.14. The van der Waals surface area contributed by atoms with Crippen LogP contribution in [0, 0.1) is 0 Å². The van der Waals surface area contributed by atoms with Gasteiger partial charge in [0.2, 0.25) is 0 Å². The molecule has 0 unspecified atom stereocenters. The highest BCUT2D eigenvalue weighted by Gasteiger charge is 1.86. The fraction of sp³-hybridized carbons (Fsp3) is 0.875. The van der Waals surface area contributed by atoms with E-state index in [4.69, 9.17) is 0 Å². The second-order valence-electron chi connectivity index (χ2n) is 2.37. The van der Waals surface area contributed by atoms with E-state index >= 15 is 0 Å². The molecular weight excluding hydrogens is 126 g/mol. The summed E-state index contributed by atoms with van der Waals surface area (Å²) < 4.78 is 0. The maximum Gasteiger partial charge on any atom is 0.119 e. The molecule has 0 aliphatic heterocycles. The van der Waals surface area contributed by atoms with Crippen molar-refractivity contribution in [3.63, 3.8) is 0 Å². The lowest BCUT2D eigenvalue weighted by molar-refractivity contribution is -0.107. The Kier molecular flexibility index (Phi) is 8.31. The largest absolute Gasteiger partial charge is 0.317 e. The van der Waals surface area contributed by atoms with Crippen molar-refractivity contribution in [2.24, 2.45) is 0 Å². The second kappa shape index (κ2) is 8.63. The summed E-state index contributed by atoms with van der Waals surface area (Å²) in [5.74, 6) is 0.